The monoisotopic (exact) mass is 897 g/mol. The highest BCUT2D eigenvalue weighted by molar-refractivity contribution is 5.69. The van der Waals surface area contributed by atoms with Crippen molar-refractivity contribution in [1.82, 2.24) is 0 Å². The van der Waals surface area contributed by atoms with E-state index in [-0.39, 0.29) is 25.6 Å². The molecular formula is C55H92O9. The predicted octanol–water partition coefficient (Wildman–Crippen LogP) is 12.4. The summed E-state index contributed by atoms with van der Waals surface area (Å²) < 4.78 is 22.8. The molecule has 1 aliphatic rings. The molecule has 1 heterocycles. The van der Waals surface area contributed by atoms with E-state index in [4.69, 9.17) is 18.9 Å². The van der Waals surface area contributed by atoms with Crippen LogP contribution in [0.15, 0.2) is 97.2 Å². The number of ether oxygens (including phenoxy) is 4. The number of esters is 1. The van der Waals surface area contributed by atoms with Crippen LogP contribution in [0.2, 0.25) is 0 Å². The Balaban J connectivity index is 2.25. The summed E-state index contributed by atoms with van der Waals surface area (Å²) in [6.45, 7) is 4.34. The lowest BCUT2D eigenvalue weighted by molar-refractivity contribution is -0.305. The summed E-state index contributed by atoms with van der Waals surface area (Å²) in [5.74, 6) is -0.375. The smallest absolute Gasteiger partial charge is 0.306 e. The van der Waals surface area contributed by atoms with Gasteiger partial charge in [-0.05, 0) is 89.9 Å². The molecule has 64 heavy (non-hydrogen) atoms. The minimum absolute atomic E-state index is 0.112. The molecule has 0 spiro atoms. The molecule has 0 aromatic heterocycles. The SMILES string of the molecule is CC/C=C\C/C=C\C/C=C\C/C=C\C/C=C\CCCC(=O)OC(COCCCCCCCCCCC/C=C\C/C=C\C/C=C\CCCCCCC)COC1OC(CO)C(O)C(O)C1O. The Morgan fingerprint density at radius 2 is 0.953 bits per heavy atom. The zero-order valence-corrected chi connectivity index (χ0v) is 40.2. The van der Waals surface area contributed by atoms with Crippen molar-refractivity contribution >= 4 is 5.97 Å². The second-order valence-corrected chi connectivity index (χ2v) is 16.9. The minimum Gasteiger partial charge on any atom is -0.457 e. The molecule has 1 rings (SSSR count). The molecule has 0 aromatic carbocycles. The number of carbonyl (C=O) groups excluding carboxylic acids is 1. The third-order valence-electron chi connectivity index (χ3n) is 11.0. The summed E-state index contributed by atoms with van der Waals surface area (Å²) in [7, 11) is 0. The predicted molar refractivity (Wildman–Crippen MR) is 265 cm³/mol. The fourth-order valence-electron chi connectivity index (χ4n) is 7.06. The van der Waals surface area contributed by atoms with Gasteiger partial charge in [0.15, 0.2) is 6.29 Å². The van der Waals surface area contributed by atoms with Gasteiger partial charge in [0.05, 0.1) is 19.8 Å². The van der Waals surface area contributed by atoms with E-state index in [0.717, 1.165) is 77.0 Å². The van der Waals surface area contributed by atoms with Crippen LogP contribution in [0.5, 0.6) is 0 Å². The van der Waals surface area contributed by atoms with Crippen LogP contribution in [0.3, 0.4) is 0 Å². The van der Waals surface area contributed by atoms with Crippen molar-refractivity contribution in [3.63, 3.8) is 0 Å². The van der Waals surface area contributed by atoms with Crippen LogP contribution >= 0.6 is 0 Å². The molecule has 0 aliphatic carbocycles. The molecule has 1 fully saturated rings. The van der Waals surface area contributed by atoms with E-state index >= 15 is 0 Å². The highest BCUT2D eigenvalue weighted by Crippen LogP contribution is 2.22. The van der Waals surface area contributed by atoms with Gasteiger partial charge < -0.3 is 39.4 Å². The quantitative estimate of drug-likeness (QED) is 0.0268. The fraction of sp³-hybridized carbons (Fsp3) is 0.691. The van der Waals surface area contributed by atoms with Gasteiger partial charge in [0, 0.05) is 13.0 Å². The molecule has 9 heteroatoms. The number of unbranched alkanes of at least 4 members (excludes halogenated alkanes) is 15. The maximum absolute atomic E-state index is 12.8. The Kier molecular flexibility index (Phi) is 41.8. The fourth-order valence-corrected chi connectivity index (χ4v) is 7.06. The molecule has 6 unspecified atom stereocenters. The summed E-state index contributed by atoms with van der Waals surface area (Å²) in [5, 5.41) is 40.2. The summed E-state index contributed by atoms with van der Waals surface area (Å²) in [6, 6.07) is 0. The third-order valence-corrected chi connectivity index (χ3v) is 11.0. The number of hydrogen-bond acceptors (Lipinski definition) is 9. The summed E-state index contributed by atoms with van der Waals surface area (Å²) in [5.41, 5.74) is 0. The normalized spacial score (nSPS) is 20.4. The van der Waals surface area contributed by atoms with Crippen molar-refractivity contribution in [1.29, 1.82) is 0 Å². The van der Waals surface area contributed by atoms with Gasteiger partial charge in [-0.2, -0.15) is 0 Å². The first kappa shape index (κ1) is 59.1. The number of aliphatic hydroxyl groups excluding tert-OH is 4. The van der Waals surface area contributed by atoms with Crippen LogP contribution in [0, 0.1) is 0 Å². The Morgan fingerprint density at radius 1 is 0.516 bits per heavy atom. The van der Waals surface area contributed by atoms with Gasteiger partial charge in [-0.25, -0.2) is 0 Å². The van der Waals surface area contributed by atoms with E-state index in [1.165, 1.54) is 77.0 Å². The van der Waals surface area contributed by atoms with Gasteiger partial charge >= 0.3 is 5.97 Å². The van der Waals surface area contributed by atoms with Crippen molar-refractivity contribution in [3.8, 4) is 0 Å². The lowest BCUT2D eigenvalue weighted by Gasteiger charge is -2.39. The van der Waals surface area contributed by atoms with E-state index < -0.39 is 43.4 Å². The molecular weight excluding hydrogens is 805 g/mol. The van der Waals surface area contributed by atoms with Crippen LogP contribution in [0.25, 0.3) is 0 Å². The van der Waals surface area contributed by atoms with Crippen molar-refractivity contribution in [3.05, 3.63) is 97.2 Å². The van der Waals surface area contributed by atoms with Gasteiger partial charge in [0.2, 0.25) is 0 Å². The van der Waals surface area contributed by atoms with E-state index in [2.05, 4.69) is 111 Å². The van der Waals surface area contributed by atoms with Crippen molar-refractivity contribution in [2.75, 3.05) is 26.4 Å². The van der Waals surface area contributed by atoms with Crippen LogP contribution in [-0.4, -0.2) is 89.6 Å². The van der Waals surface area contributed by atoms with Crippen LogP contribution < -0.4 is 0 Å². The molecule has 0 bridgehead atoms. The first-order valence-electron chi connectivity index (χ1n) is 25.3. The molecule has 9 nitrogen and oxygen atoms in total. The van der Waals surface area contributed by atoms with E-state index in [1.807, 2.05) is 0 Å². The van der Waals surface area contributed by atoms with Crippen molar-refractivity contribution in [2.45, 2.75) is 218 Å². The molecule has 0 aromatic rings. The summed E-state index contributed by atoms with van der Waals surface area (Å²) >= 11 is 0. The van der Waals surface area contributed by atoms with Gasteiger partial charge in [0.1, 0.15) is 30.5 Å². The Morgan fingerprint density at radius 3 is 1.44 bits per heavy atom. The zero-order valence-electron chi connectivity index (χ0n) is 40.2. The number of aliphatic hydroxyl groups is 4. The maximum atomic E-state index is 12.8. The van der Waals surface area contributed by atoms with E-state index in [9.17, 15) is 25.2 Å². The van der Waals surface area contributed by atoms with E-state index in [1.54, 1.807) is 0 Å². The average molecular weight is 897 g/mol. The summed E-state index contributed by atoms with van der Waals surface area (Å²) in [6.07, 6.45) is 55.9. The van der Waals surface area contributed by atoms with Crippen LogP contribution in [-0.2, 0) is 23.7 Å². The second-order valence-electron chi connectivity index (χ2n) is 16.9. The standard InChI is InChI=1S/C55H92O9/c1-3-5-7-9-11-13-15-17-19-21-22-23-24-25-26-27-29-31-33-35-37-39-41-43-45-61-47-49(48-62-55-54(60)53(59)52(58)50(46-56)64-55)63-51(57)44-42-40-38-36-34-32-30-28-20-18-16-14-12-10-8-6-4-2/h6,8,12,14-15,17-18,20-22,24-25,30,32,36,38,49-50,52-56,58-60H,3-5,7,9-11,13,16,19,23,26-29,31,33-35,37,39-48H2,1-2H3/b8-6-,14-12-,17-15-,20-18-,22-21-,25-24-,32-30-,38-36-. The summed E-state index contributed by atoms with van der Waals surface area (Å²) in [4.78, 5) is 12.8. The van der Waals surface area contributed by atoms with Gasteiger partial charge in [0.25, 0.3) is 0 Å². The Bertz CT molecular complexity index is 1300. The zero-order chi connectivity index (χ0) is 46.4. The highest BCUT2D eigenvalue weighted by Gasteiger charge is 2.44. The highest BCUT2D eigenvalue weighted by atomic mass is 16.7. The number of carbonyl (C=O) groups is 1. The average Bonchev–Trinajstić information content (AvgIpc) is 3.30. The molecule has 366 valence electrons. The number of allylic oxidation sites excluding steroid dienone is 16. The second kappa shape index (κ2) is 45.3. The molecule has 6 atom stereocenters. The molecule has 1 saturated heterocycles. The molecule has 4 N–H and O–H groups in total. The Hall–Kier alpha value is -2.89. The van der Waals surface area contributed by atoms with Crippen molar-refractivity contribution in [2.24, 2.45) is 0 Å². The van der Waals surface area contributed by atoms with Gasteiger partial charge in [-0.3, -0.25) is 4.79 Å². The largest absolute Gasteiger partial charge is 0.457 e. The lowest BCUT2D eigenvalue weighted by Crippen LogP contribution is -2.59. The molecule has 0 radical (unpaired) electrons. The molecule has 0 saturated carbocycles. The first-order chi connectivity index (χ1) is 31.4. The topological polar surface area (TPSA) is 135 Å². The Labute approximate surface area is 390 Å². The maximum Gasteiger partial charge on any atom is 0.306 e. The minimum atomic E-state index is -1.55. The first-order valence-corrected chi connectivity index (χ1v) is 25.3. The van der Waals surface area contributed by atoms with Gasteiger partial charge in [-0.1, -0.05) is 182 Å². The lowest BCUT2D eigenvalue weighted by atomic mass is 9.99. The van der Waals surface area contributed by atoms with Gasteiger partial charge in [-0.15, -0.1) is 0 Å². The molecule has 1 aliphatic heterocycles. The van der Waals surface area contributed by atoms with Crippen LogP contribution in [0.1, 0.15) is 181 Å². The van der Waals surface area contributed by atoms with Crippen LogP contribution in [0.4, 0.5) is 0 Å². The number of hydrogen-bond donors (Lipinski definition) is 4. The number of rotatable bonds is 42. The van der Waals surface area contributed by atoms with Crippen molar-refractivity contribution < 1.29 is 44.2 Å². The molecule has 0 amide bonds. The third kappa shape index (κ3) is 35.4. The van der Waals surface area contributed by atoms with E-state index in [0.29, 0.717) is 13.0 Å².